The molecule has 4 rings (SSSR count). The minimum Gasteiger partial charge on any atom is -0.382 e. The lowest BCUT2D eigenvalue weighted by atomic mass is 10.1. The van der Waals surface area contributed by atoms with Gasteiger partial charge in [-0.05, 0) is 41.0 Å². The molecule has 3 amide bonds. The number of carbonyl (C=O) groups is 2. The van der Waals surface area contributed by atoms with Crippen LogP contribution < -0.4 is 10.6 Å². The fourth-order valence-corrected chi connectivity index (χ4v) is 3.70. The van der Waals surface area contributed by atoms with E-state index >= 15 is 0 Å². The van der Waals surface area contributed by atoms with Gasteiger partial charge in [-0.25, -0.2) is 4.79 Å². The Morgan fingerprint density at radius 2 is 1.52 bits per heavy atom. The maximum absolute atomic E-state index is 12.7. The first kappa shape index (κ1) is 20.6. The Balaban J connectivity index is 1.36. The Bertz CT molecular complexity index is 1030. The maximum atomic E-state index is 12.7. The van der Waals surface area contributed by atoms with Gasteiger partial charge in [-0.2, -0.15) is 0 Å². The van der Waals surface area contributed by atoms with Gasteiger partial charge in [-0.3, -0.25) is 4.79 Å². The molecule has 2 N–H and O–H groups in total. The molecule has 1 aliphatic heterocycles. The normalized spacial score (nSPS) is 13.4. The highest BCUT2D eigenvalue weighted by Crippen LogP contribution is 2.23. The van der Waals surface area contributed by atoms with Crippen LogP contribution in [0.1, 0.15) is 33.1 Å². The molecule has 6 nitrogen and oxygen atoms in total. The molecule has 1 heterocycles. The lowest BCUT2D eigenvalue weighted by molar-refractivity contribution is 0.0896. The maximum Gasteiger partial charge on any atom is 0.322 e. The van der Waals surface area contributed by atoms with Crippen LogP contribution in [0.25, 0.3) is 0 Å². The van der Waals surface area contributed by atoms with Crippen molar-refractivity contribution in [2.45, 2.75) is 19.1 Å². The molecule has 1 atom stereocenters. The van der Waals surface area contributed by atoms with E-state index in [1.54, 1.807) is 36.3 Å². The molecule has 0 aliphatic carbocycles. The number of benzene rings is 3. The second kappa shape index (κ2) is 9.45. The van der Waals surface area contributed by atoms with Gasteiger partial charge >= 0.3 is 6.03 Å². The van der Waals surface area contributed by atoms with Gasteiger partial charge in [0.2, 0.25) is 0 Å². The third kappa shape index (κ3) is 4.92. The third-order valence-corrected chi connectivity index (χ3v) is 5.37. The number of urea groups is 1. The van der Waals surface area contributed by atoms with Crippen LogP contribution in [0.3, 0.4) is 0 Å². The van der Waals surface area contributed by atoms with Gasteiger partial charge in [-0.15, -0.1) is 0 Å². The third-order valence-electron chi connectivity index (χ3n) is 5.37. The number of rotatable bonds is 6. The number of carbonyl (C=O) groups excluding carboxylic acids is 2. The van der Waals surface area contributed by atoms with E-state index in [9.17, 15) is 9.59 Å². The lowest BCUT2D eigenvalue weighted by Crippen LogP contribution is -2.31. The first-order valence-electron chi connectivity index (χ1n) is 10.2. The van der Waals surface area contributed by atoms with E-state index < -0.39 is 0 Å². The fourth-order valence-electron chi connectivity index (χ4n) is 3.70. The van der Waals surface area contributed by atoms with Crippen molar-refractivity contribution >= 4 is 17.6 Å². The van der Waals surface area contributed by atoms with E-state index in [0.717, 1.165) is 5.56 Å². The zero-order chi connectivity index (χ0) is 21.6. The minimum absolute atomic E-state index is 0.155. The zero-order valence-corrected chi connectivity index (χ0v) is 17.4. The topological polar surface area (TPSA) is 70.7 Å². The van der Waals surface area contributed by atoms with Crippen molar-refractivity contribution in [3.05, 3.63) is 101 Å². The first-order chi connectivity index (χ1) is 15.1. The Labute approximate surface area is 181 Å². The van der Waals surface area contributed by atoms with Crippen LogP contribution in [0.4, 0.5) is 10.5 Å². The molecule has 158 valence electrons. The Hall–Kier alpha value is -3.64. The molecule has 0 fully saturated rings. The predicted molar refractivity (Wildman–Crippen MR) is 120 cm³/mol. The smallest absolute Gasteiger partial charge is 0.322 e. The summed E-state index contributed by atoms with van der Waals surface area (Å²) in [6.07, 6.45) is 0. The summed E-state index contributed by atoms with van der Waals surface area (Å²) in [4.78, 5) is 27.1. The van der Waals surface area contributed by atoms with Gasteiger partial charge < -0.3 is 20.3 Å². The molecule has 0 bridgehead atoms. The van der Waals surface area contributed by atoms with Crippen LogP contribution in [0.2, 0.25) is 0 Å². The molecule has 0 saturated heterocycles. The average molecular weight is 415 g/mol. The van der Waals surface area contributed by atoms with Gasteiger partial charge in [0.1, 0.15) is 0 Å². The highest BCUT2D eigenvalue weighted by molar-refractivity contribution is 5.95. The summed E-state index contributed by atoms with van der Waals surface area (Å²) in [7, 11) is 1.61. The van der Waals surface area contributed by atoms with Crippen molar-refractivity contribution in [1.82, 2.24) is 10.2 Å². The summed E-state index contributed by atoms with van der Waals surface area (Å²) in [6.45, 7) is 1.58. The second-order valence-electron chi connectivity index (χ2n) is 7.52. The molecule has 6 heteroatoms. The SMILES string of the molecule is COC[C@@H](NC(=O)c1ccc(NC(=O)N2Cc3ccccc3C2)cc1)c1ccccc1. The lowest BCUT2D eigenvalue weighted by Gasteiger charge is -2.19. The molecule has 3 aromatic rings. The van der Waals surface area contributed by atoms with Gasteiger partial charge in [0.25, 0.3) is 5.91 Å². The van der Waals surface area contributed by atoms with E-state index in [0.29, 0.717) is 30.9 Å². The molecule has 0 radical (unpaired) electrons. The standard InChI is InChI=1S/C25H25N3O3/c1-31-17-23(18-7-3-2-4-8-18)27-24(29)19-11-13-22(14-12-19)26-25(30)28-15-20-9-5-6-10-21(20)16-28/h2-14,23H,15-17H2,1H3,(H,26,30)(H,27,29)/t23-/m1/s1. The van der Waals surface area contributed by atoms with E-state index in [-0.39, 0.29) is 18.0 Å². The van der Waals surface area contributed by atoms with Gasteiger partial charge in [0.15, 0.2) is 0 Å². The number of fused-ring (bicyclic) bond motifs is 1. The predicted octanol–water partition coefficient (Wildman–Crippen LogP) is 4.35. The number of methoxy groups -OCH3 is 1. The van der Waals surface area contributed by atoms with Crippen LogP contribution >= 0.6 is 0 Å². The minimum atomic E-state index is -0.241. The highest BCUT2D eigenvalue weighted by atomic mass is 16.5. The molecule has 31 heavy (non-hydrogen) atoms. The summed E-state index contributed by atoms with van der Waals surface area (Å²) < 4.78 is 5.26. The van der Waals surface area contributed by atoms with Crippen molar-refractivity contribution < 1.29 is 14.3 Å². The number of nitrogens with one attached hydrogen (secondary N) is 2. The zero-order valence-electron chi connectivity index (χ0n) is 17.4. The van der Waals surface area contributed by atoms with Crippen LogP contribution in [0.15, 0.2) is 78.9 Å². The van der Waals surface area contributed by atoms with Crippen molar-refractivity contribution in [2.24, 2.45) is 0 Å². The number of anilines is 1. The van der Waals surface area contributed by atoms with Gasteiger partial charge in [0, 0.05) is 31.5 Å². The quantitative estimate of drug-likeness (QED) is 0.629. The Kier molecular flexibility index (Phi) is 6.29. The summed E-state index contributed by atoms with van der Waals surface area (Å²) >= 11 is 0. The van der Waals surface area contributed by atoms with E-state index in [4.69, 9.17) is 4.74 Å². The Morgan fingerprint density at radius 1 is 0.903 bits per heavy atom. The largest absolute Gasteiger partial charge is 0.382 e. The molecular formula is C25H25N3O3. The molecule has 1 aliphatic rings. The summed E-state index contributed by atoms with van der Waals surface area (Å²) in [6, 6.07) is 24.3. The summed E-state index contributed by atoms with van der Waals surface area (Å²) in [5, 5.41) is 5.91. The molecule has 0 aromatic heterocycles. The van der Waals surface area contributed by atoms with Crippen LogP contribution in [0.5, 0.6) is 0 Å². The number of hydrogen-bond donors (Lipinski definition) is 2. The number of ether oxygens (including phenoxy) is 1. The fraction of sp³-hybridized carbons (Fsp3) is 0.200. The monoisotopic (exact) mass is 415 g/mol. The molecule has 0 saturated carbocycles. The summed E-state index contributed by atoms with van der Waals surface area (Å²) in [5.41, 5.74) is 4.49. The molecular weight excluding hydrogens is 390 g/mol. The second-order valence-corrected chi connectivity index (χ2v) is 7.52. The number of hydrogen-bond acceptors (Lipinski definition) is 3. The van der Waals surface area contributed by atoms with Crippen molar-refractivity contribution in [1.29, 1.82) is 0 Å². The van der Waals surface area contributed by atoms with E-state index in [2.05, 4.69) is 10.6 Å². The van der Waals surface area contributed by atoms with E-state index in [1.165, 1.54) is 11.1 Å². The van der Waals surface area contributed by atoms with Crippen molar-refractivity contribution in [3.8, 4) is 0 Å². The molecule has 0 spiro atoms. The van der Waals surface area contributed by atoms with Crippen molar-refractivity contribution in [3.63, 3.8) is 0 Å². The number of nitrogens with zero attached hydrogens (tertiary/aromatic N) is 1. The molecule has 3 aromatic carbocycles. The van der Waals surface area contributed by atoms with Gasteiger partial charge in [0.05, 0.1) is 12.6 Å². The van der Waals surface area contributed by atoms with Crippen molar-refractivity contribution in [2.75, 3.05) is 19.0 Å². The van der Waals surface area contributed by atoms with Crippen LogP contribution in [-0.4, -0.2) is 30.6 Å². The first-order valence-corrected chi connectivity index (χ1v) is 10.2. The highest BCUT2D eigenvalue weighted by Gasteiger charge is 2.23. The van der Waals surface area contributed by atoms with E-state index in [1.807, 2.05) is 54.6 Å². The van der Waals surface area contributed by atoms with Crippen LogP contribution in [0, 0.1) is 0 Å². The molecule has 0 unspecified atom stereocenters. The number of amides is 3. The Morgan fingerprint density at radius 3 is 2.13 bits per heavy atom. The van der Waals surface area contributed by atoms with Gasteiger partial charge in [-0.1, -0.05) is 54.6 Å². The van der Waals surface area contributed by atoms with Crippen LogP contribution in [-0.2, 0) is 17.8 Å². The summed E-state index contributed by atoms with van der Waals surface area (Å²) in [5.74, 6) is -0.196. The average Bonchev–Trinajstić information content (AvgIpc) is 3.24.